The molecule has 0 spiro atoms. The average molecular weight is 976 g/mol. The van der Waals surface area contributed by atoms with Gasteiger partial charge >= 0.3 is 5.97 Å². The third-order valence-corrected chi connectivity index (χ3v) is 15.3. The molecule has 3 fully saturated rings. The molecule has 0 aromatic rings. The molecule has 4 rings (SSSR count). The molecular formula is C52H82NO14P. The third kappa shape index (κ3) is 15.7. The second kappa shape index (κ2) is 25.8. The SMILES string of the molecule is CO[C@H]1C[C@@H]2CC[C@@H](C)[C@@](O)(O2)C(=O)C(=O)N2CCCC[C@H]2C(=O)O[C@H]([C@H](C)C[C@@H]2CC[C@@H](OP(C)(C)=O)C(O)C2)CC(=O)[C@H](C)/C=C(\C)[C@@H](O)[C@@H](OC)C(=O)[C@H](C)C[C@H](C)/C=C/C=C/C=C/1C. The molecule has 1 amide bonds. The number of fused-ring (bicyclic) bond motifs is 3. The number of aliphatic hydroxyl groups is 3. The molecule has 15 atom stereocenters. The number of amides is 1. The molecule has 1 saturated carbocycles. The Labute approximate surface area is 404 Å². The summed E-state index contributed by atoms with van der Waals surface area (Å²) in [5.74, 6) is -8.44. The van der Waals surface area contributed by atoms with Gasteiger partial charge in [-0.25, -0.2) is 4.79 Å². The largest absolute Gasteiger partial charge is 0.460 e. The minimum atomic E-state index is -2.86. The molecule has 3 heterocycles. The third-order valence-electron chi connectivity index (χ3n) is 14.6. The summed E-state index contributed by atoms with van der Waals surface area (Å²) in [4.78, 5) is 72.0. The number of cyclic esters (lactones) is 1. The zero-order valence-corrected chi connectivity index (χ0v) is 43.4. The molecule has 2 bridgehead atoms. The fourth-order valence-corrected chi connectivity index (χ4v) is 11.2. The first-order chi connectivity index (χ1) is 31.9. The Morgan fingerprint density at radius 1 is 0.882 bits per heavy atom. The number of carbonyl (C=O) groups excluding carboxylic acids is 5. The first-order valence-corrected chi connectivity index (χ1v) is 27.3. The topological polar surface area (TPSA) is 212 Å². The van der Waals surface area contributed by atoms with Crippen molar-refractivity contribution in [3.8, 4) is 0 Å². The van der Waals surface area contributed by atoms with Gasteiger partial charge in [0.25, 0.3) is 11.7 Å². The van der Waals surface area contributed by atoms with Crippen molar-refractivity contribution in [1.82, 2.24) is 4.90 Å². The lowest BCUT2D eigenvalue weighted by Crippen LogP contribution is -2.61. The van der Waals surface area contributed by atoms with Gasteiger partial charge in [-0.15, -0.1) is 0 Å². The molecular weight excluding hydrogens is 894 g/mol. The molecule has 0 aromatic carbocycles. The van der Waals surface area contributed by atoms with Crippen LogP contribution in [0.5, 0.6) is 0 Å². The van der Waals surface area contributed by atoms with Crippen LogP contribution >= 0.6 is 7.37 Å². The zero-order valence-electron chi connectivity index (χ0n) is 42.5. The van der Waals surface area contributed by atoms with Crippen LogP contribution in [-0.2, 0) is 52.0 Å². The average Bonchev–Trinajstić information content (AvgIpc) is 3.28. The van der Waals surface area contributed by atoms with Gasteiger partial charge in [0.15, 0.2) is 13.2 Å². The zero-order chi connectivity index (χ0) is 50.7. The highest BCUT2D eigenvalue weighted by Gasteiger charge is 2.53. The summed E-state index contributed by atoms with van der Waals surface area (Å²) in [5, 5.41) is 34.4. The number of carbonyl (C=O) groups is 5. The van der Waals surface area contributed by atoms with Crippen molar-refractivity contribution in [3.05, 3.63) is 47.6 Å². The van der Waals surface area contributed by atoms with E-state index in [2.05, 4.69) is 0 Å². The highest BCUT2D eigenvalue weighted by Crippen LogP contribution is 2.44. The number of esters is 1. The van der Waals surface area contributed by atoms with Crippen LogP contribution in [0.25, 0.3) is 0 Å². The highest BCUT2D eigenvalue weighted by molar-refractivity contribution is 7.57. The summed E-state index contributed by atoms with van der Waals surface area (Å²) < 4.78 is 41.9. The maximum Gasteiger partial charge on any atom is 0.329 e. The summed E-state index contributed by atoms with van der Waals surface area (Å²) in [5.41, 5.74) is 1.23. The quantitative estimate of drug-likeness (QED) is 0.101. The van der Waals surface area contributed by atoms with Gasteiger partial charge in [-0.05, 0) is 107 Å². The highest BCUT2D eigenvalue weighted by atomic mass is 31.2. The minimum Gasteiger partial charge on any atom is -0.460 e. The second-order valence-electron chi connectivity index (χ2n) is 20.7. The lowest BCUT2D eigenvalue weighted by atomic mass is 9.78. The van der Waals surface area contributed by atoms with E-state index in [0.717, 1.165) is 5.57 Å². The Morgan fingerprint density at radius 3 is 2.24 bits per heavy atom. The first kappa shape index (κ1) is 57.4. The van der Waals surface area contributed by atoms with Gasteiger partial charge in [0.2, 0.25) is 5.79 Å². The molecule has 0 aromatic heterocycles. The van der Waals surface area contributed by atoms with Gasteiger partial charge in [0, 0.05) is 64.7 Å². The number of ketones is 3. The van der Waals surface area contributed by atoms with Gasteiger partial charge in [0.05, 0.1) is 24.4 Å². The monoisotopic (exact) mass is 976 g/mol. The maximum absolute atomic E-state index is 14.4. The predicted octanol–water partition coefficient (Wildman–Crippen LogP) is 7.09. The minimum absolute atomic E-state index is 0.00581. The molecule has 15 nitrogen and oxygen atoms in total. The van der Waals surface area contributed by atoms with Gasteiger partial charge in [-0.2, -0.15) is 0 Å². The molecule has 2 saturated heterocycles. The van der Waals surface area contributed by atoms with Crippen LogP contribution in [0.15, 0.2) is 47.6 Å². The number of methoxy groups -OCH3 is 2. The molecule has 1 aliphatic carbocycles. The molecule has 1 unspecified atom stereocenters. The summed E-state index contributed by atoms with van der Waals surface area (Å²) in [6.45, 7) is 15.6. The van der Waals surface area contributed by atoms with Crippen LogP contribution in [0.4, 0.5) is 0 Å². The van der Waals surface area contributed by atoms with Crippen molar-refractivity contribution in [2.45, 2.75) is 180 Å². The van der Waals surface area contributed by atoms with Crippen molar-refractivity contribution in [2.75, 3.05) is 34.1 Å². The van der Waals surface area contributed by atoms with Crippen LogP contribution in [0, 0.1) is 35.5 Å². The number of nitrogens with zero attached hydrogens (tertiary/aromatic N) is 1. The first-order valence-electron chi connectivity index (χ1n) is 24.8. The van der Waals surface area contributed by atoms with E-state index >= 15 is 0 Å². The lowest BCUT2D eigenvalue weighted by molar-refractivity contribution is -0.265. The second-order valence-corrected chi connectivity index (χ2v) is 23.4. The Morgan fingerprint density at radius 2 is 1.59 bits per heavy atom. The maximum atomic E-state index is 14.4. The summed E-state index contributed by atoms with van der Waals surface area (Å²) >= 11 is 0. The van der Waals surface area contributed by atoms with E-state index in [4.69, 9.17) is 23.5 Å². The van der Waals surface area contributed by atoms with E-state index in [-0.39, 0.29) is 42.8 Å². The summed E-state index contributed by atoms with van der Waals surface area (Å²) in [6.07, 6.45) is 9.79. The fraction of sp³-hybridized carbons (Fsp3) is 0.750. The van der Waals surface area contributed by atoms with E-state index in [1.165, 1.54) is 25.3 Å². The Bertz CT molecular complexity index is 1920. The van der Waals surface area contributed by atoms with Crippen molar-refractivity contribution in [2.24, 2.45) is 35.5 Å². The van der Waals surface area contributed by atoms with E-state index in [0.29, 0.717) is 69.8 Å². The van der Waals surface area contributed by atoms with Crippen LogP contribution in [0.3, 0.4) is 0 Å². The predicted molar refractivity (Wildman–Crippen MR) is 259 cm³/mol. The van der Waals surface area contributed by atoms with Crippen LogP contribution < -0.4 is 0 Å². The number of rotatable bonds is 7. The Kier molecular flexibility index (Phi) is 21.8. The number of piperidine rings is 1. The molecule has 4 aliphatic rings. The van der Waals surface area contributed by atoms with E-state index in [1.54, 1.807) is 40.9 Å². The van der Waals surface area contributed by atoms with E-state index < -0.39 is 103 Å². The molecule has 0 radical (unpaired) electrons. The van der Waals surface area contributed by atoms with Gasteiger partial charge in [-0.1, -0.05) is 71.1 Å². The lowest BCUT2D eigenvalue weighted by Gasteiger charge is -2.42. The Hall–Kier alpha value is -3.14. The number of aliphatic hydroxyl groups excluding tert-OH is 2. The fourth-order valence-electron chi connectivity index (χ4n) is 10.3. The number of hydrogen-bond donors (Lipinski definition) is 3. The normalized spacial score (nSPS) is 39.4. The van der Waals surface area contributed by atoms with Gasteiger partial charge in [0.1, 0.15) is 30.1 Å². The van der Waals surface area contributed by atoms with Crippen molar-refractivity contribution in [3.63, 3.8) is 0 Å². The molecule has 68 heavy (non-hydrogen) atoms. The van der Waals surface area contributed by atoms with Crippen LogP contribution in [0.1, 0.15) is 126 Å². The molecule has 3 aliphatic heterocycles. The van der Waals surface area contributed by atoms with E-state index in [1.807, 2.05) is 51.2 Å². The molecule has 384 valence electrons. The molecule has 3 N–H and O–H groups in total. The van der Waals surface area contributed by atoms with Gasteiger partial charge < -0.3 is 43.7 Å². The van der Waals surface area contributed by atoms with Crippen molar-refractivity contribution >= 4 is 36.6 Å². The standard InChI is InChI=1S/C52H82NO14P/c1-31-17-13-12-14-18-32(2)44(63-8)29-39-22-20-37(7)52(61,66-39)49(58)50(59)53-24-16-15-19-40(53)51(60)65-45(34(4)27-38-21-23-43(42(55)28-38)67-68(10,11)62)30-41(54)33(3)26-36(6)47(57)48(64-9)46(56)35(5)25-31/h12-14,17-18,26,31,33-35,37-40,42-45,47-48,55,57,61H,15-16,19-25,27-30H2,1-11H3/b14-12+,17-13+,32-18+,36-26+/t31-,33-,34-,35-,37-,38+,39+,40+,42?,43-,44+,45+,47-,48+,52-/m1/s1. The number of ether oxygens (including phenoxy) is 4. The van der Waals surface area contributed by atoms with E-state index in [9.17, 15) is 43.9 Å². The summed E-state index contributed by atoms with van der Waals surface area (Å²) in [6, 6.07) is -1.18. The van der Waals surface area contributed by atoms with Crippen molar-refractivity contribution in [1.29, 1.82) is 0 Å². The molecule has 16 heteroatoms. The Balaban J connectivity index is 1.70. The smallest absolute Gasteiger partial charge is 0.329 e. The number of allylic oxidation sites excluding steroid dienone is 6. The van der Waals surface area contributed by atoms with Crippen LogP contribution in [0.2, 0.25) is 0 Å². The number of hydrogen-bond acceptors (Lipinski definition) is 14. The van der Waals surface area contributed by atoms with Crippen LogP contribution in [-0.4, -0.2) is 138 Å². The summed E-state index contributed by atoms with van der Waals surface area (Å²) in [7, 11) is 0.0789. The van der Waals surface area contributed by atoms with Gasteiger partial charge in [-0.3, -0.25) is 23.7 Å². The number of Topliss-reactive ketones (excluding diaryl/α,β-unsaturated/α-hetero) is 3. The van der Waals surface area contributed by atoms with Crippen molar-refractivity contribution < 1.29 is 67.3 Å².